The van der Waals surface area contributed by atoms with E-state index in [9.17, 15) is 0 Å². The quantitative estimate of drug-likeness (QED) is 0.635. The fourth-order valence-electron chi connectivity index (χ4n) is 0. The van der Waals surface area contributed by atoms with Crippen LogP contribution in [0.25, 0.3) is 0 Å². The smallest absolute Gasteiger partial charge is 0.125 e. The summed E-state index contributed by atoms with van der Waals surface area (Å²) in [7, 11) is 0. The Bertz CT molecular complexity index is 45.1. The van der Waals surface area contributed by atoms with E-state index in [-0.39, 0.29) is 5.38 Å². The number of halogens is 5. The molecule has 0 bridgehead atoms. The van der Waals surface area contributed by atoms with E-state index in [1.54, 1.807) is 0 Å². The van der Waals surface area contributed by atoms with Gasteiger partial charge in [0.2, 0.25) is 0 Å². The SMILES string of the molecule is CC(Cl)CCl.ClC(Cl)Br. The molecule has 0 aromatic carbocycles. The molecule has 0 spiro atoms. The zero-order valence-corrected chi connectivity index (χ0v) is 9.36. The first-order valence-corrected chi connectivity index (χ1v) is 4.89. The highest BCUT2D eigenvalue weighted by Crippen LogP contribution is 2.07. The molecule has 1 atom stereocenters. The van der Waals surface area contributed by atoms with Crippen LogP contribution in [-0.2, 0) is 0 Å². The molecule has 0 aliphatic carbocycles. The maximum Gasteiger partial charge on any atom is 0.162 e. The summed E-state index contributed by atoms with van der Waals surface area (Å²) in [6.07, 6.45) is 0. The van der Waals surface area contributed by atoms with Gasteiger partial charge in [-0.1, -0.05) is 39.1 Å². The summed E-state index contributed by atoms with van der Waals surface area (Å²) in [5, 5.41) is 0.122. The summed E-state index contributed by atoms with van der Waals surface area (Å²) in [5.74, 6) is 0.543. The van der Waals surface area contributed by atoms with Gasteiger partial charge in [0.25, 0.3) is 0 Å². The lowest BCUT2D eigenvalue weighted by Crippen LogP contribution is -1.87. The second-order valence-electron chi connectivity index (χ2n) is 1.18. The molecule has 58 valence electrons. The molecule has 0 N–H and O–H groups in total. The highest BCUT2D eigenvalue weighted by Gasteiger charge is 1.85. The van der Waals surface area contributed by atoms with Crippen LogP contribution < -0.4 is 0 Å². The van der Waals surface area contributed by atoms with E-state index >= 15 is 0 Å². The van der Waals surface area contributed by atoms with Crippen molar-refractivity contribution in [1.82, 2.24) is 0 Å². The van der Waals surface area contributed by atoms with Crippen molar-refractivity contribution in [3.05, 3.63) is 0 Å². The summed E-state index contributed by atoms with van der Waals surface area (Å²) in [6.45, 7) is 1.86. The molecule has 0 aliphatic heterocycles. The van der Waals surface area contributed by atoms with Crippen molar-refractivity contribution in [2.45, 2.75) is 16.0 Å². The van der Waals surface area contributed by atoms with Gasteiger partial charge in [-0.05, 0) is 6.92 Å². The molecule has 0 aliphatic rings. The van der Waals surface area contributed by atoms with E-state index in [4.69, 9.17) is 46.4 Å². The van der Waals surface area contributed by atoms with Crippen molar-refractivity contribution in [3.63, 3.8) is 0 Å². The van der Waals surface area contributed by atoms with Gasteiger partial charge in [0.15, 0.2) is 3.75 Å². The van der Waals surface area contributed by atoms with Gasteiger partial charge < -0.3 is 0 Å². The van der Waals surface area contributed by atoms with Crippen molar-refractivity contribution < 1.29 is 0 Å². The van der Waals surface area contributed by atoms with E-state index in [1.807, 2.05) is 6.92 Å². The highest BCUT2D eigenvalue weighted by atomic mass is 79.9. The fraction of sp³-hybridized carbons (Fsp3) is 1.00. The normalized spacial score (nSPS) is 12.3. The van der Waals surface area contributed by atoms with Gasteiger partial charge in [0.1, 0.15) is 0 Å². The van der Waals surface area contributed by atoms with Crippen molar-refractivity contribution >= 4 is 62.3 Å². The molecule has 0 aromatic heterocycles. The lowest BCUT2D eigenvalue weighted by atomic mass is 10.6. The van der Waals surface area contributed by atoms with Crippen molar-refractivity contribution in [2.24, 2.45) is 0 Å². The highest BCUT2D eigenvalue weighted by molar-refractivity contribution is 9.10. The van der Waals surface area contributed by atoms with Gasteiger partial charge in [-0.2, -0.15) is 0 Å². The number of hydrogen-bond donors (Lipinski definition) is 0. The molecule has 0 nitrogen and oxygen atoms in total. The Morgan fingerprint density at radius 2 is 1.44 bits per heavy atom. The molecule has 0 saturated heterocycles. The fourth-order valence-corrected chi connectivity index (χ4v) is 0. The summed E-state index contributed by atoms with van der Waals surface area (Å²) >= 11 is 23.2. The van der Waals surface area contributed by atoms with Crippen molar-refractivity contribution in [1.29, 1.82) is 0 Å². The third-order valence-electron chi connectivity index (χ3n) is 0.213. The Hall–Kier alpha value is 1.64. The average molecular weight is 277 g/mol. The topological polar surface area (TPSA) is 0 Å². The van der Waals surface area contributed by atoms with E-state index in [1.165, 1.54) is 0 Å². The monoisotopic (exact) mass is 274 g/mol. The minimum Gasteiger partial charge on any atom is -0.125 e. The standard InChI is InChI=1S/C3H6Cl2.CHBrCl2/c1-3(5)2-4;2-1(3)4/h3H,2H2,1H3;1H. The largest absolute Gasteiger partial charge is 0.162 e. The summed E-state index contributed by atoms with van der Waals surface area (Å²) < 4.78 is -0.410. The first kappa shape index (κ1) is 13.2. The van der Waals surface area contributed by atoms with Gasteiger partial charge in [-0.15, -0.1) is 23.2 Å². The average Bonchev–Trinajstić information content (AvgIpc) is 1.65. The maximum atomic E-state index is 5.33. The molecule has 0 saturated carbocycles. The predicted molar refractivity (Wildman–Crippen MR) is 50.5 cm³/mol. The van der Waals surface area contributed by atoms with Crippen LogP contribution in [0.3, 0.4) is 0 Å². The Labute approximate surface area is 83.9 Å². The summed E-state index contributed by atoms with van der Waals surface area (Å²) in [6, 6.07) is 0. The zero-order chi connectivity index (χ0) is 7.86. The van der Waals surface area contributed by atoms with Crippen molar-refractivity contribution in [2.75, 3.05) is 5.88 Å². The van der Waals surface area contributed by atoms with Crippen LogP contribution in [0.2, 0.25) is 0 Å². The Morgan fingerprint density at radius 3 is 1.44 bits per heavy atom. The van der Waals surface area contributed by atoms with Crippen LogP contribution in [0.4, 0.5) is 0 Å². The second-order valence-corrected chi connectivity index (χ2v) is 5.30. The molecule has 0 radical (unpaired) electrons. The molecule has 1 unspecified atom stereocenters. The molecule has 0 amide bonds. The van der Waals surface area contributed by atoms with Gasteiger partial charge in [0.05, 0.1) is 0 Å². The zero-order valence-electron chi connectivity index (χ0n) is 4.75. The molecular weight excluding hydrogens is 270 g/mol. The number of hydrogen-bond acceptors (Lipinski definition) is 0. The van der Waals surface area contributed by atoms with Gasteiger partial charge in [-0.25, -0.2) is 0 Å². The third-order valence-corrected chi connectivity index (χ3v) is 0.988. The summed E-state index contributed by atoms with van der Waals surface area (Å²) in [4.78, 5) is 0. The Balaban J connectivity index is 0. The van der Waals surface area contributed by atoms with Crippen LogP contribution in [0.15, 0.2) is 0 Å². The first-order valence-electron chi connectivity index (χ1n) is 2.13. The van der Waals surface area contributed by atoms with Crippen LogP contribution in [0.5, 0.6) is 0 Å². The van der Waals surface area contributed by atoms with Gasteiger partial charge in [0, 0.05) is 11.3 Å². The Morgan fingerprint density at radius 1 is 1.33 bits per heavy atom. The first-order chi connectivity index (χ1) is 4.00. The van der Waals surface area contributed by atoms with Gasteiger partial charge >= 0.3 is 0 Å². The van der Waals surface area contributed by atoms with Crippen LogP contribution in [0.1, 0.15) is 6.92 Å². The van der Waals surface area contributed by atoms with Crippen LogP contribution >= 0.6 is 62.3 Å². The molecule has 0 aromatic rings. The molecular formula is C4H7BrCl4. The lowest BCUT2D eigenvalue weighted by molar-refractivity contribution is 1.11. The van der Waals surface area contributed by atoms with Crippen molar-refractivity contribution in [3.8, 4) is 0 Å². The van der Waals surface area contributed by atoms with E-state index < -0.39 is 3.75 Å². The minimum atomic E-state index is -0.410. The molecule has 0 rings (SSSR count). The molecule has 5 heteroatoms. The molecule has 0 heterocycles. The third kappa shape index (κ3) is 42.5. The van der Waals surface area contributed by atoms with Gasteiger partial charge in [-0.3, -0.25) is 0 Å². The predicted octanol–water partition coefficient (Wildman–Crippen LogP) is 4.00. The Kier molecular flexibility index (Phi) is 14.2. The maximum absolute atomic E-state index is 5.33. The molecule has 0 fully saturated rings. The van der Waals surface area contributed by atoms with Crippen LogP contribution in [0, 0.1) is 0 Å². The second kappa shape index (κ2) is 9.64. The van der Waals surface area contributed by atoms with E-state index in [0.29, 0.717) is 5.88 Å². The number of alkyl halides is 5. The van der Waals surface area contributed by atoms with E-state index in [2.05, 4.69) is 15.9 Å². The van der Waals surface area contributed by atoms with Crippen LogP contribution in [-0.4, -0.2) is 15.0 Å². The minimum absolute atomic E-state index is 0.122. The summed E-state index contributed by atoms with van der Waals surface area (Å²) in [5.41, 5.74) is 0. The number of rotatable bonds is 1. The van der Waals surface area contributed by atoms with E-state index in [0.717, 1.165) is 0 Å². The lowest BCUT2D eigenvalue weighted by Gasteiger charge is -1.85. The molecule has 9 heavy (non-hydrogen) atoms.